The van der Waals surface area contributed by atoms with Crippen molar-refractivity contribution in [2.24, 2.45) is 0 Å². The molecule has 17 heavy (non-hydrogen) atoms. The Hall–Kier alpha value is -1.68. The molecular formula is C13H18N4. The first-order chi connectivity index (χ1) is 8.15. The van der Waals surface area contributed by atoms with Gasteiger partial charge in [0.25, 0.3) is 0 Å². The lowest BCUT2D eigenvalue weighted by Gasteiger charge is -2.16. The lowest BCUT2D eigenvalue weighted by atomic mass is 10.1. The molecule has 0 saturated heterocycles. The van der Waals surface area contributed by atoms with Crippen LogP contribution in [0.15, 0.2) is 24.5 Å². The van der Waals surface area contributed by atoms with E-state index in [1.807, 2.05) is 0 Å². The molecule has 0 saturated carbocycles. The van der Waals surface area contributed by atoms with Crippen LogP contribution < -0.4 is 0 Å². The van der Waals surface area contributed by atoms with Gasteiger partial charge in [-0.1, -0.05) is 23.8 Å². The van der Waals surface area contributed by atoms with Crippen LogP contribution in [0.25, 0.3) is 0 Å². The molecule has 2 rings (SSSR count). The van der Waals surface area contributed by atoms with Crippen molar-refractivity contribution in [3.05, 3.63) is 47.0 Å². The minimum Gasteiger partial charge on any atom is -0.295 e. The van der Waals surface area contributed by atoms with Crippen LogP contribution in [0.1, 0.15) is 22.5 Å². The van der Waals surface area contributed by atoms with E-state index < -0.39 is 0 Å². The molecule has 1 aromatic carbocycles. The molecule has 4 heteroatoms. The summed E-state index contributed by atoms with van der Waals surface area (Å²) in [7, 11) is 2.09. The molecule has 0 atom stereocenters. The Balaban J connectivity index is 2.00. The highest BCUT2D eigenvalue weighted by Crippen LogP contribution is 2.13. The van der Waals surface area contributed by atoms with Crippen LogP contribution in [-0.4, -0.2) is 27.1 Å². The number of aryl methyl sites for hydroxylation is 2. The predicted molar refractivity (Wildman–Crippen MR) is 67.5 cm³/mol. The van der Waals surface area contributed by atoms with Gasteiger partial charge in [0.15, 0.2) is 0 Å². The van der Waals surface area contributed by atoms with Gasteiger partial charge in [-0.3, -0.25) is 10.00 Å². The molecular weight excluding hydrogens is 212 g/mol. The van der Waals surface area contributed by atoms with Crippen LogP contribution in [0, 0.1) is 13.8 Å². The molecule has 1 heterocycles. The standard InChI is InChI=1S/C13H18N4/c1-10-4-5-12(11(2)6-10)7-17(3)8-13-14-9-15-16-13/h4-6,9H,7-8H2,1-3H3,(H,14,15,16). The Morgan fingerprint density at radius 2 is 2.06 bits per heavy atom. The van der Waals surface area contributed by atoms with Crippen LogP contribution in [0.4, 0.5) is 0 Å². The molecule has 1 aromatic heterocycles. The van der Waals surface area contributed by atoms with E-state index in [0.29, 0.717) is 0 Å². The van der Waals surface area contributed by atoms with E-state index >= 15 is 0 Å². The van der Waals surface area contributed by atoms with E-state index in [2.05, 4.69) is 59.2 Å². The Morgan fingerprint density at radius 3 is 2.71 bits per heavy atom. The first kappa shape index (κ1) is 11.8. The predicted octanol–water partition coefficient (Wildman–Crippen LogP) is 2.05. The van der Waals surface area contributed by atoms with Gasteiger partial charge in [-0.25, -0.2) is 4.98 Å². The number of hydrogen-bond donors (Lipinski definition) is 1. The highest BCUT2D eigenvalue weighted by atomic mass is 15.2. The first-order valence-electron chi connectivity index (χ1n) is 5.74. The minimum absolute atomic E-state index is 0.785. The van der Waals surface area contributed by atoms with Gasteiger partial charge in [0, 0.05) is 6.54 Å². The summed E-state index contributed by atoms with van der Waals surface area (Å²) in [6.45, 7) is 5.99. The number of nitrogens with zero attached hydrogens (tertiary/aromatic N) is 3. The van der Waals surface area contributed by atoms with E-state index in [-0.39, 0.29) is 0 Å². The monoisotopic (exact) mass is 230 g/mol. The maximum absolute atomic E-state index is 4.13. The molecule has 1 N–H and O–H groups in total. The van der Waals surface area contributed by atoms with Gasteiger partial charge in [-0.15, -0.1) is 0 Å². The molecule has 0 fully saturated rings. The second kappa shape index (κ2) is 5.10. The second-order valence-corrected chi connectivity index (χ2v) is 4.53. The number of benzene rings is 1. The van der Waals surface area contributed by atoms with Crippen molar-refractivity contribution in [2.45, 2.75) is 26.9 Å². The van der Waals surface area contributed by atoms with Gasteiger partial charge in [0.1, 0.15) is 12.2 Å². The molecule has 0 bridgehead atoms. The van der Waals surface area contributed by atoms with Crippen molar-refractivity contribution >= 4 is 0 Å². The minimum atomic E-state index is 0.785. The molecule has 0 aliphatic heterocycles. The molecule has 0 aliphatic rings. The summed E-state index contributed by atoms with van der Waals surface area (Å²) in [6.07, 6.45) is 1.54. The summed E-state index contributed by atoms with van der Waals surface area (Å²) in [6, 6.07) is 6.57. The third-order valence-corrected chi connectivity index (χ3v) is 2.82. The summed E-state index contributed by atoms with van der Waals surface area (Å²) in [5, 5.41) is 6.72. The Bertz CT molecular complexity index is 476. The van der Waals surface area contributed by atoms with Gasteiger partial charge in [0.05, 0.1) is 6.54 Å². The maximum Gasteiger partial charge on any atom is 0.138 e. The molecule has 2 aromatic rings. The zero-order valence-electron chi connectivity index (χ0n) is 10.6. The first-order valence-corrected chi connectivity index (χ1v) is 5.74. The lowest BCUT2D eigenvalue weighted by Crippen LogP contribution is -2.18. The van der Waals surface area contributed by atoms with Crippen LogP contribution in [0.2, 0.25) is 0 Å². The van der Waals surface area contributed by atoms with E-state index in [1.165, 1.54) is 16.7 Å². The Kier molecular flexibility index (Phi) is 3.54. The molecule has 4 nitrogen and oxygen atoms in total. The van der Waals surface area contributed by atoms with Crippen LogP contribution in [-0.2, 0) is 13.1 Å². The number of aromatic nitrogens is 3. The molecule has 0 spiro atoms. The van der Waals surface area contributed by atoms with Gasteiger partial charge < -0.3 is 0 Å². The SMILES string of the molecule is Cc1ccc(CN(C)Cc2ncn[nH]2)c(C)c1. The van der Waals surface area contributed by atoms with E-state index in [1.54, 1.807) is 6.33 Å². The summed E-state index contributed by atoms with van der Waals surface area (Å²) in [5.41, 5.74) is 4.01. The van der Waals surface area contributed by atoms with Crippen molar-refractivity contribution < 1.29 is 0 Å². The van der Waals surface area contributed by atoms with Crippen LogP contribution in [0.5, 0.6) is 0 Å². The van der Waals surface area contributed by atoms with Gasteiger partial charge in [-0.2, -0.15) is 5.10 Å². The van der Waals surface area contributed by atoms with Crippen molar-refractivity contribution in [3.8, 4) is 0 Å². The van der Waals surface area contributed by atoms with Gasteiger partial charge in [-0.05, 0) is 32.0 Å². The quantitative estimate of drug-likeness (QED) is 0.874. The summed E-state index contributed by atoms with van der Waals surface area (Å²) in [4.78, 5) is 6.35. The smallest absolute Gasteiger partial charge is 0.138 e. The van der Waals surface area contributed by atoms with Crippen LogP contribution in [0.3, 0.4) is 0 Å². The van der Waals surface area contributed by atoms with Crippen molar-refractivity contribution in [1.29, 1.82) is 0 Å². The molecule has 0 aliphatic carbocycles. The highest BCUT2D eigenvalue weighted by molar-refractivity contribution is 5.30. The normalized spacial score (nSPS) is 11.1. The fourth-order valence-corrected chi connectivity index (χ4v) is 1.93. The fraction of sp³-hybridized carbons (Fsp3) is 0.385. The summed E-state index contributed by atoms with van der Waals surface area (Å²) in [5.74, 6) is 0.900. The van der Waals surface area contributed by atoms with Crippen molar-refractivity contribution in [3.63, 3.8) is 0 Å². The number of rotatable bonds is 4. The van der Waals surface area contributed by atoms with Gasteiger partial charge >= 0.3 is 0 Å². The third-order valence-electron chi connectivity index (χ3n) is 2.82. The van der Waals surface area contributed by atoms with Crippen LogP contribution >= 0.6 is 0 Å². The van der Waals surface area contributed by atoms with E-state index in [0.717, 1.165) is 18.9 Å². The number of aromatic amines is 1. The van der Waals surface area contributed by atoms with Crippen molar-refractivity contribution in [1.82, 2.24) is 20.1 Å². The lowest BCUT2D eigenvalue weighted by molar-refractivity contribution is 0.310. The largest absolute Gasteiger partial charge is 0.295 e. The number of hydrogen-bond acceptors (Lipinski definition) is 3. The molecule has 90 valence electrons. The number of H-pyrrole nitrogens is 1. The Morgan fingerprint density at radius 1 is 1.24 bits per heavy atom. The zero-order valence-corrected chi connectivity index (χ0v) is 10.6. The van der Waals surface area contributed by atoms with E-state index in [4.69, 9.17) is 0 Å². The fourth-order valence-electron chi connectivity index (χ4n) is 1.93. The molecule has 0 unspecified atom stereocenters. The topological polar surface area (TPSA) is 44.8 Å². The molecule has 0 radical (unpaired) electrons. The van der Waals surface area contributed by atoms with Crippen molar-refractivity contribution in [2.75, 3.05) is 7.05 Å². The van der Waals surface area contributed by atoms with Gasteiger partial charge in [0.2, 0.25) is 0 Å². The Labute approximate surface area is 102 Å². The zero-order chi connectivity index (χ0) is 12.3. The number of nitrogens with one attached hydrogen (secondary N) is 1. The average molecular weight is 230 g/mol. The average Bonchev–Trinajstić information content (AvgIpc) is 2.75. The summed E-state index contributed by atoms with van der Waals surface area (Å²) >= 11 is 0. The summed E-state index contributed by atoms with van der Waals surface area (Å²) < 4.78 is 0. The second-order valence-electron chi connectivity index (χ2n) is 4.53. The highest BCUT2D eigenvalue weighted by Gasteiger charge is 2.05. The molecule has 0 amide bonds. The maximum atomic E-state index is 4.13. The van der Waals surface area contributed by atoms with E-state index in [9.17, 15) is 0 Å². The third kappa shape index (κ3) is 3.14.